The molecule has 0 aromatic heterocycles. The Labute approximate surface area is 283 Å². The number of carbonyl (C=O) groups excluding carboxylic acids is 1. The van der Waals surface area contributed by atoms with E-state index >= 15 is 0 Å². The van der Waals surface area contributed by atoms with Crippen molar-refractivity contribution >= 4 is 13.7 Å². The van der Waals surface area contributed by atoms with E-state index in [1.807, 2.05) is 33.3 Å². The highest BCUT2D eigenvalue weighted by molar-refractivity contribution is 7.45. The van der Waals surface area contributed by atoms with Gasteiger partial charge >= 0.3 is 0 Å². The van der Waals surface area contributed by atoms with Crippen LogP contribution in [0.15, 0.2) is 36.5 Å². The predicted octanol–water partition coefficient (Wildman–Crippen LogP) is 8.55. The summed E-state index contributed by atoms with van der Waals surface area (Å²) in [6.07, 6.45) is 33.4. The molecule has 0 saturated carbocycles. The Hall–Kier alpha value is -1.28. The van der Waals surface area contributed by atoms with Crippen molar-refractivity contribution in [3.63, 3.8) is 0 Å². The van der Waals surface area contributed by atoms with Crippen LogP contribution >= 0.6 is 7.82 Å². The maximum atomic E-state index is 12.7. The Morgan fingerprint density at radius 2 is 1.26 bits per heavy atom. The molecule has 3 unspecified atom stereocenters. The number of phosphoric ester groups is 1. The first-order valence-corrected chi connectivity index (χ1v) is 19.8. The number of quaternary nitrogens is 1. The van der Waals surface area contributed by atoms with Gasteiger partial charge in [-0.25, -0.2) is 0 Å². The van der Waals surface area contributed by atoms with E-state index in [4.69, 9.17) is 9.05 Å². The highest BCUT2D eigenvalue weighted by atomic mass is 31.2. The van der Waals surface area contributed by atoms with Crippen molar-refractivity contribution in [3.05, 3.63) is 36.5 Å². The number of hydrogen-bond donors (Lipinski definition) is 2. The molecule has 0 aliphatic heterocycles. The summed E-state index contributed by atoms with van der Waals surface area (Å²) in [5.74, 6) is -0.269. The predicted molar refractivity (Wildman–Crippen MR) is 191 cm³/mol. The monoisotopic (exact) mass is 671 g/mol. The molecule has 2 N–H and O–H groups in total. The fraction of sp³-hybridized carbons (Fsp3) is 0.811. The number of nitrogens with one attached hydrogen (secondary N) is 1. The second-order valence-corrected chi connectivity index (χ2v) is 15.0. The second kappa shape index (κ2) is 29.8. The van der Waals surface area contributed by atoms with Crippen LogP contribution in [0.4, 0.5) is 0 Å². The number of amides is 1. The Bertz CT molecular complexity index is 855. The molecule has 0 aliphatic carbocycles. The van der Waals surface area contributed by atoms with Crippen LogP contribution in [0.5, 0.6) is 0 Å². The molecule has 1 amide bonds. The van der Waals surface area contributed by atoms with Crippen LogP contribution in [-0.4, -0.2) is 68.5 Å². The lowest BCUT2D eigenvalue weighted by Crippen LogP contribution is -2.45. The quantitative estimate of drug-likeness (QED) is 0.0321. The lowest BCUT2D eigenvalue weighted by Gasteiger charge is -2.29. The van der Waals surface area contributed by atoms with Gasteiger partial charge in [0.1, 0.15) is 13.2 Å². The molecule has 46 heavy (non-hydrogen) atoms. The maximum absolute atomic E-state index is 12.7. The van der Waals surface area contributed by atoms with E-state index in [0.29, 0.717) is 17.4 Å². The first-order valence-electron chi connectivity index (χ1n) is 18.4. The molecule has 0 fully saturated rings. The molecule has 0 rings (SSSR count). The minimum absolute atomic E-state index is 0.0108. The average Bonchev–Trinajstić information content (AvgIpc) is 2.99. The standard InChI is InChI=1S/C37H71N2O6P/c1-6-8-10-12-14-16-18-19-21-23-25-27-29-31-37(41)38-35(34-45-46(42,43)44-33-32-39(3,4)5)36(40)30-28-26-24-22-20-17-15-13-11-9-7-2/h19,21,25,27-28,30,35-36,40H,6-18,20,22-24,26,29,31-34H2,1-5H3,(H-,38,41,42,43)/b21-19-,27-25-,30-28+. The number of rotatable bonds is 32. The first kappa shape index (κ1) is 44.7. The summed E-state index contributed by atoms with van der Waals surface area (Å²) in [4.78, 5) is 25.0. The van der Waals surface area contributed by atoms with E-state index in [0.717, 1.165) is 32.1 Å². The molecule has 0 aromatic carbocycles. The number of carbonyl (C=O) groups is 1. The van der Waals surface area contributed by atoms with Crippen LogP contribution in [0.25, 0.3) is 0 Å². The van der Waals surface area contributed by atoms with Gasteiger partial charge in [0.2, 0.25) is 5.91 Å². The molecule has 0 aliphatic rings. The molecule has 0 radical (unpaired) electrons. The van der Waals surface area contributed by atoms with Crippen molar-refractivity contribution < 1.29 is 32.9 Å². The molecule has 270 valence electrons. The normalized spacial score (nSPS) is 15.2. The van der Waals surface area contributed by atoms with Gasteiger partial charge in [0.15, 0.2) is 0 Å². The minimum atomic E-state index is -4.59. The summed E-state index contributed by atoms with van der Waals surface area (Å²) >= 11 is 0. The van der Waals surface area contributed by atoms with Crippen LogP contribution in [0.2, 0.25) is 0 Å². The summed E-state index contributed by atoms with van der Waals surface area (Å²) < 4.78 is 23.0. The fourth-order valence-electron chi connectivity index (χ4n) is 4.85. The SMILES string of the molecule is CCCCCCCC/C=C\C/C=C\CCC(=O)NC(COP(=O)([O-])OCC[N+](C)(C)C)C(O)/C=C/CCCCCCCCCCC. The fourth-order valence-corrected chi connectivity index (χ4v) is 5.57. The van der Waals surface area contributed by atoms with E-state index < -0.39 is 26.6 Å². The summed E-state index contributed by atoms with van der Waals surface area (Å²) in [6.45, 7) is 4.54. The van der Waals surface area contributed by atoms with Gasteiger partial charge in [-0.2, -0.15) is 0 Å². The number of hydrogen-bond acceptors (Lipinski definition) is 6. The number of allylic oxidation sites excluding steroid dienone is 5. The van der Waals surface area contributed by atoms with Crippen molar-refractivity contribution in [3.8, 4) is 0 Å². The van der Waals surface area contributed by atoms with Crippen molar-refractivity contribution in [2.75, 3.05) is 40.9 Å². The van der Waals surface area contributed by atoms with E-state index in [1.54, 1.807) is 6.08 Å². The molecule has 9 heteroatoms. The number of aliphatic hydroxyl groups is 1. The number of aliphatic hydroxyl groups excluding tert-OH is 1. The van der Waals surface area contributed by atoms with E-state index in [-0.39, 0.29) is 18.9 Å². The molecule has 0 aromatic rings. The van der Waals surface area contributed by atoms with Crippen molar-refractivity contribution in [2.24, 2.45) is 0 Å². The van der Waals surface area contributed by atoms with Crippen LogP contribution in [0.3, 0.4) is 0 Å². The number of nitrogens with zero attached hydrogens (tertiary/aromatic N) is 1. The van der Waals surface area contributed by atoms with Gasteiger partial charge < -0.3 is 28.8 Å². The molecule has 0 spiro atoms. The number of phosphoric acid groups is 1. The Kier molecular flexibility index (Phi) is 29.0. The summed E-state index contributed by atoms with van der Waals surface area (Å²) in [5, 5.41) is 13.6. The Balaban J connectivity index is 4.67. The zero-order chi connectivity index (χ0) is 34.4. The van der Waals surface area contributed by atoms with Gasteiger partial charge in [0, 0.05) is 6.42 Å². The number of likely N-dealkylation sites (N-methyl/N-ethyl adjacent to an activating group) is 1. The van der Waals surface area contributed by atoms with Crippen LogP contribution in [0.1, 0.15) is 142 Å². The van der Waals surface area contributed by atoms with Crippen molar-refractivity contribution in [2.45, 2.75) is 154 Å². The topological polar surface area (TPSA) is 108 Å². The van der Waals surface area contributed by atoms with E-state index in [9.17, 15) is 19.4 Å². The Morgan fingerprint density at radius 3 is 1.80 bits per heavy atom. The van der Waals surface area contributed by atoms with Gasteiger partial charge in [-0.15, -0.1) is 0 Å². The molecule has 0 saturated heterocycles. The third kappa shape index (κ3) is 31.3. The lowest BCUT2D eigenvalue weighted by atomic mass is 10.1. The lowest BCUT2D eigenvalue weighted by molar-refractivity contribution is -0.870. The van der Waals surface area contributed by atoms with Crippen LogP contribution < -0.4 is 10.2 Å². The third-order valence-corrected chi connectivity index (χ3v) is 8.82. The first-order chi connectivity index (χ1) is 22.0. The van der Waals surface area contributed by atoms with Gasteiger partial charge in [-0.05, 0) is 38.5 Å². The van der Waals surface area contributed by atoms with Gasteiger partial charge in [0.25, 0.3) is 7.82 Å². The average molecular weight is 671 g/mol. The molecular formula is C37H71N2O6P. The molecule has 3 atom stereocenters. The summed E-state index contributed by atoms with van der Waals surface area (Å²) in [7, 11) is 1.22. The van der Waals surface area contributed by atoms with Crippen molar-refractivity contribution in [1.82, 2.24) is 5.32 Å². The summed E-state index contributed by atoms with van der Waals surface area (Å²) in [6, 6.07) is -0.912. The van der Waals surface area contributed by atoms with Gasteiger partial charge in [-0.3, -0.25) is 9.36 Å². The van der Waals surface area contributed by atoms with Gasteiger partial charge in [0.05, 0.1) is 39.9 Å². The third-order valence-electron chi connectivity index (χ3n) is 7.86. The zero-order valence-electron chi connectivity index (χ0n) is 30.3. The highest BCUT2D eigenvalue weighted by Crippen LogP contribution is 2.38. The van der Waals surface area contributed by atoms with E-state index in [2.05, 4.69) is 37.4 Å². The zero-order valence-corrected chi connectivity index (χ0v) is 31.2. The molecule has 0 heterocycles. The smallest absolute Gasteiger partial charge is 0.268 e. The molecular weight excluding hydrogens is 599 g/mol. The minimum Gasteiger partial charge on any atom is -0.756 e. The highest BCUT2D eigenvalue weighted by Gasteiger charge is 2.23. The largest absolute Gasteiger partial charge is 0.756 e. The van der Waals surface area contributed by atoms with Crippen LogP contribution in [0, 0.1) is 0 Å². The second-order valence-electron chi connectivity index (χ2n) is 13.6. The molecule has 0 bridgehead atoms. The Morgan fingerprint density at radius 1 is 0.761 bits per heavy atom. The van der Waals surface area contributed by atoms with Crippen LogP contribution in [-0.2, 0) is 18.4 Å². The van der Waals surface area contributed by atoms with Crippen molar-refractivity contribution in [1.29, 1.82) is 0 Å². The van der Waals surface area contributed by atoms with Gasteiger partial charge in [-0.1, -0.05) is 134 Å². The summed E-state index contributed by atoms with van der Waals surface area (Å²) in [5.41, 5.74) is 0. The maximum Gasteiger partial charge on any atom is 0.268 e. The van der Waals surface area contributed by atoms with E-state index in [1.165, 1.54) is 83.5 Å². The number of unbranched alkanes of at least 4 members (excludes halogenated alkanes) is 15. The molecule has 8 nitrogen and oxygen atoms in total.